The summed E-state index contributed by atoms with van der Waals surface area (Å²) >= 11 is 10.5. The molecule has 88 valence electrons. The van der Waals surface area contributed by atoms with Crippen molar-refractivity contribution >= 4 is 44.7 Å². The number of hydrogen-bond acceptors (Lipinski definition) is 2. The van der Waals surface area contributed by atoms with E-state index >= 15 is 0 Å². The van der Waals surface area contributed by atoms with Gasteiger partial charge in [-0.1, -0.05) is 17.7 Å². The summed E-state index contributed by atoms with van der Waals surface area (Å²) in [6.07, 6.45) is -0.0154. The average molecular weight is 334 g/mol. The molecule has 1 aromatic carbocycles. The molecular formula is C12H7BrClFOS. The van der Waals surface area contributed by atoms with E-state index in [0.29, 0.717) is 4.88 Å². The maximum Gasteiger partial charge on any atom is 0.177 e. The lowest BCUT2D eigenvalue weighted by atomic mass is 10.1. The van der Waals surface area contributed by atoms with Crippen molar-refractivity contribution in [3.8, 4) is 0 Å². The quantitative estimate of drug-likeness (QED) is 0.742. The van der Waals surface area contributed by atoms with E-state index in [1.807, 2.05) is 0 Å². The van der Waals surface area contributed by atoms with Gasteiger partial charge in [-0.15, -0.1) is 11.3 Å². The molecule has 2 rings (SSSR count). The van der Waals surface area contributed by atoms with Gasteiger partial charge in [0.15, 0.2) is 5.78 Å². The van der Waals surface area contributed by atoms with Gasteiger partial charge in [0.25, 0.3) is 0 Å². The highest BCUT2D eigenvalue weighted by molar-refractivity contribution is 9.11. The molecule has 0 saturated heterocycles. The van der Waals surface area contributed by atoms with Crippen molar-refractivity contribution in [2.45, 2.75) is 6.42 Å². The van der Waals surface area contributed by atoms with E-state index in [9.17, 15) is 9.18 Å². The lowest BCUT2D eigenvalue weighted by molar-refractivity contribution is 0.0995. The van der Waals surface area contributed by atoms with Gasteiger partial charge in [-0.3, -0.25) is 4.79 Å². The molecule has 17 heavy (non-hydrogen) atoms. The molecule has 2 aromatic rings. The van der Waals surface area contributed by atoms with Gasteiger partial charge in [-0.05, 0) is 40.2 Å². The molecule has 1 nitrogen and oxygen atoms in total. The predicted octanol–water partition coefficient (Wildman–Crippen LogP) is 4.73. The first kappa shape index (κ1) is 12.7. The molecule has 1 heterocycles. The molecule has 0 amide bonds. The Morgan fingerprint density at radius 3 is 2.71 bits per heavy atom. The largest absolute Gasteiger partial charge is 0.293 e. The van der Waals surface area contributed by atoms with Crippen molar-refractivity contribution < 1.29 is 9.18 Å². The van der Waals surface area contributed by atoms with E-state index in [4.69, 9.17) is 11.6 Å². The smallest absolute Gasteiger partial charge is 0.177 e. The zero-order valence-corrected chi connectivity index (χ0v) is 11.7. The zero-order chi connectivity index (χ0) is 12.4. The summed E-state index contributed by atoms with van der Waals surface area (Å²) < 4.78 is 14.4. The summed E-state index contributed by atoms with van der Waals surface area (Å²) in [5, 5.41) is 0.286. The van der Waals surface area contributed by atoms with Crippen LogP contribution in [0.5, 0.6) is 0 Å². The first-order valence-corrected chi connectivity index (χ1v) is 6.78. The van der Waals surface area contributed by atoms with Crippen LogP contribution in [0.1, 0.15) is 15.2 Å². The first-order valence-electron chi connectivity index (χ1n) is 4.79. The molecule has 0 saturated carbocycles. The predicted molar refractivity (Wildman–Crippen MR) is 71.5 cm³/mol. The fraction of sp³-hybridized carbons (Fsp3) is 0.0833. The second-order valence-corrected chi connectivity index (χ2v) is 6.27. The highest BCUT2D eigenvalue weighted by Crippen LogP contribution is 2.25. The topological polar surface area (TPSA) is 17.1 Å². The number of thiophene rings is 1. The Kier molecular flexibility index (Phi) is 3.97. The van der Waals surface area contributed by atoms with Gasteiger partial charge in [0.1, 0.15) is 5.82 Å². The van der Waals surface area contributed by atoms with E-state index in [1.54, 1.807) is 18.2 Å². The van der Waals surface area contributed by atoms with Crippen LogP contribution in [0.4, 0.5) is 4.39 Å². The number of Topliss-reactive ketones (excluding diaryl/α,β-unsaturated/α-hetero) is 1. The van der Waals surface area contributed by atoms with Crippen LogP contribution >= 0.6 is 38.9 Å². The van der Waals surface area contributed by atoms with Crippen molar-refractivity contribution in [1.29, 1.82) is 0 Å². The molecule has 0 bridgehead atoms. The van der Waals surface area contributed by atoms with Crippen LogP contribution in [-0.4, -0.2) is 5.78 Å². The van der Waals surface area contributed by atoms with Gasteiger partial charge < -0.3 is 0 Å². The molecule has 0 aliphatic rings. The van der Waals surface area contributed by atoms with Gasteiger partial charge >= 0.3 is 0 Å². The Morgan fingerprint density at radius 1 is 1.35 bits per heavy atom. The zero-order valence-electron chi connectivity index (χ0n) is 8.54. The minimum absolute atomic E-state index is 0.0154. The Bertz CT molecular complexity index is 547. The Morgan fingerprint density at radius 2 is 2.12 bits per heavy atom. The summed E-state index contributed by atoms with van der Waals surface area (Å²) in [5.41, 5.74) is 0.253. The minimum Gasteiger partial charge on any atom is -0.293 e. The maximum absolute atomic E-state index is 13.5. The molecular weight excluding hydrogens is 327 g/mol. The van der Waals surface area contributed by atoms with Crippen molar-refractivity contribution in [3.05, 3.63) is 55.4 Å². The number of benzene rings is 1. The monoisotopic (exact) mass is 332 g/mol. The molecule has 1 aromatic heterocycles. The lowest BCUT2D eigenvalue weighted by Gasteiger charge is -2.03. The van der Waals surface area contributed by atoms with E-state index in [2.05, 4.69) is 15.9 Å². The van der Waals surface area contributed by atoms with Crippen LogP contribution in [0.2, 0.25) is 5.02 Å². The number of carbonyl (C=O) groups is 1. The molecule has 0 N–H and O–H groups in total. The first-order chi connectivity index (χ1) is 8.08. The molecule has 0 spiro atoms. The van der Waals surface area contributed by atoms with Crippen molar-refractivity contribution in [1.82, 2.24) is 0 Å². The van der Waals surface area contributed by atoms with Gasteiger partial charge in [0.05, 0.1) is 8.66 Å². The molecule has 0 fully saturated rings. The van der Waals surface area contributed by atoms with Crippen LogP contribution in [-0.2, 0) is 6.42 Å². The fourth-order valence-corrected chi connectivity index (χ4v) is 2.97. The number of carbonyl (C=O) groups excluding carboxylic acids is 1. The SMILES string of the molecule is O=C(Cc1c(F)cccc1Cl)c1ccc(Br)s1. The molecule has 0 aliphatic carbocycles. The summed E-state index contributed by atoms with van der Waals surface area (Å²) in [5.74, 6) is -0.575. The van der Waals surface area contributed by atoms with E-state index < -0.39 is 5.82 Å². The molecule has 5 heteroatoms. The second kappa shape index (κ2) is 5.29. The summed E-state index contributed by atoms with van der Waals surface area (Å²) in [4.78, 5) is 12.5. The van der Waals surface area contributed by atoms with E-state index in [-0.39, 0.29) is 22.8 Å². The Labute approximate surface area is 115 Å². The van der Waals surface area contributed by atoms with Crippen LogP contribution < -0.4 is 0 Å². The van der Waals surface area contributed by atoms with Gasteiger partial charge in [0, 0.05) is 17.0 Å². The number of rotatable bonds is 3. The molecule has 0 aliphatic heterocycles. The van der Waals surface area contributed by atoms with Crippen LogP contribution in [0.15, 0.2) is 34.1 Å². The number of ketones is 1. The van der Waals surface area contributed by atoms with Gasteiger partial charge in [0.2, 0.25) is 0 Å². The van der Waals surface area contributed by atoms with Gasteiger partial charge in [-0.2, -0.15) is 0 Å². The minimum atomic E-state index is -0.443. The van der Waals surface area contributed by atoms with Crippen LogP contribution in [0, 0.1) is 5.82 Å². The van der Waals surface area contributed by atoms with Crippen molar-refractivity contribution in [2.24, 2.45) is 0 Å². The Balaban J connectivity index is 2.24. The summed E-state index contributed by atoms with van der Waals surface area (Å²) in [6, 6.07) is 7.91. The van der Waals surface area contributed by atoms with Crippen molar-refractivity contribution in [3.63, 3.8) is 0 Å². The third-order valence-electron chi connectivity index (χ3n) is 2.25. The number of halogens is 3. The molecule has 0 unspecified atom stereocenters. The summed E-state index contributed by atoms with van der Waals surface area (Å²) in [7, 11) is 0. The van der Waals surface area contributed by atoms with E-state index in [1.165, 1.54) is 23.5 Å². The standard InChI is InChI=1S/C12H7BrClFOS/c13-12-5-4-11(17-12)10(16)6-7-8(14)2-1-3-9(7)15/h1-5H,6H2. The van der Waals surface area contributed by atoms with Crippen LogP contribution in [0.25, 0.3) is 0 Å². The normalized spacial score (nSPS) is 10.5. The second-order valence-electron chi connectivity index (χ2n) is 3.40. The third kappa shape index (κ3) is 2.94. The highest BCUT2D eigenvalue weighted by Gasteiger charge is 2.14. The van der Waals surface area contributed by atoms with Crippen molar-refractivity contribution in [2.75, 3.05) is 0 Å². The fourth-order valence-electron chi connectivity index (χ4n) is 1.41. The molecule has 0 atom stereocenters. The van der Waals surface area contributed by atoms with E-state index in [0.717, 1.165) is 3.79 Å². The lowest BCUT2D eigenvalue weighted by Crippen LogP contribution is -2.03. The third-order valence-corrected chi connectivity index (χ3v) is 4.27. The maximum atomic E-state index is 13.5. The van der Waals surface area contributed by atoms with Crippen LogP contribution in [0.3, 0.4) is 0 Å². The van der Waals surface area contributed by atoms with Gasteiger partial charge in [-0.25, -0.2) is 4.39 Å². The molecule has 0 radical (unpaired) electrons. The Hall–Kier alpha value is -0.710. The number of hydrogen-bond donors (Lipinski definition) is 0. The highest BCUT2D eigenvalue weighted by atomic mass is 79.9. The average Bonchev–Trinajstić information content (AvgIpc) is 2.70. The summed E-state index contributed by atoms with van der Waals surface area (Å²) in [6.45, 7) is 0.